The first-order chi connectivity index (χ1) is 16.0. The van der Waals surface area contributed by atoms with Crippen LogP contribution in [0.4, 0.5) is 0 Å². The van der Waals surface area contributed by atoms with Crippen LogP contribution in [0.3, 0.4) is 0 Å². The summed E-state index contributed by atoms with van der Waals surface area (Å²) in [4.78, 5) is 27.8. The van der Waals surface area contributed by atoms with Crippen LogP contribution < -0.4 is 5.32 Å². The molecule has 2 aliphatic rings. The first-order valence-corrected chi connectivity index (χ1v) is 11.7. The maximum absolute atomic E-state index is 13.2. The summed E-state index contributed by atoms with van der Waals surface area (Å²) in [5.74, 6) is 0.207. The van der Waals surface area contributed by atoms with Crippen molar-refractivity contribution in [3.8, 4) is 6.07 Å². The molecule has 1 unspecified atom stereocenters. The van der Waals surface area contributed by atoms with Gasteiger partial charge in [0.25, 0.3) is 11.8 Å². The van der Waals surface area contributed by atoms with Crippen LogP contribution in [-0.4, -0.2) is 49.1 Å². The first-order valence-electron chi connectivity index (χ1n) is 11.7. The van der Waals surface area contributed by atoms with Crippen molar-refractivity contribution < 1.29 is 14.3 Å². The van der Waals surface area contributed by atoms with Crippen molar-refractivity contribution >= 4 is 11.8 Å². The van der Waals surface area contributed by atoms with Gasteiger partial charge in [-0.3, -0.25) is 9.59 Å². The fraction of sp³-hybridized carbons (Fsp3) is 0.444. The van der Waals surface area contributed by atoms with E-state index in [1.54, 1.807) is 18.2 Å². The fourth-order valence-corrected chi connectivity index (χ4v) is 4.44. The van der Waals surface area contributed by atoms with Crippen molar-refractivity contribution in [2.75, 3.05) is 26.3 Å². The number of likely N-dealkylation sites (tertiary alicyclic amines) is 1. The van der Waals surface area contributed by atoms with Crippen molar-refractivity contribution in [3.05, 3.63) is 70.8 Å². The second-order valence-electron chi connectivity index (χ2n) is 8.66. The van der Waals surface area contributed by atoms with Gasteiger partial charge in [-0.2, -0.15) is 5.26 Å². The average molecular weight is 448 g/mol. The van der Waals surface area contributed by atoms with Gasteiger partial charge in [-0.1, -0.05) is 37.3 Å². The van der Waals surface area contributed by atoms with E-state index in [1.807, 2.05) is 30.0 Å². The van der Waals surface area contributed by atoms with Crippen molar-refractivity contribution in [3.63, 3.8) is 0 Å². The number of aryl methyl sites for hydroxylation is 1. The van der Waals surface area contributed by atoms with Crippen LogP contribution in [0, 0.1) is 24.2 Å². The summed E-state index contributed by atoms with van der Waals surface area (Å²) in [5, 5.41) is 12.1. The van der Waals surface area contributed by atoms with Crippen LogP contribution >= 0.6 is 0 Å². The van der Waals surface area contributed by atoms with Crippen LogP contribution in [0.2, 0.25) is 0 Å². The van der Waals surface area contributed by atoms with Gasteiger partial charge in [0.2, 0.25) is 0 Å². The Bertz CT molecular complexity index is 988. The van der Waals surface area contributed by atoms with E-state index in [-0.39, 0.29) is 17.9 Å². The number of nitriles is 1. The summed E-state index contributed by atoms with van der Waals surface area (Å²) in [7, 11) is 0. The zero-order chi connectivity index (χ0) is 23.8. The highest BCUT2D eigenvalue weighted by molar-refractivity contribution is 6.00. The van der Waals surface area contributed by atoms with Gasteiger partial charge in [-0.15, -0.1) is 0 Å². The third-order valence-electron chi connectivity index (χ3n) is 6.53. The minimum Gasteiger partial charge on any atom is -0.379 e. The molecule has 1 aromatic carbocycles. The van der Waals surface area contributed by atoms with Crippen molar-refractivity contribution in [2.24, 2.45) is 5.92 Å². The van der Waals surface area contributed by atoms with Crippen LogP contribution in [0.1, 0.15) is 58.9 Å². The number of ether oxygens (including phenoxy) is 1. The van der Waals surface area contributed by atoms with E-state index in [2.05, 4.69) is 24.9 Å². The van der Waals surface area contributed by atoms with Crippen molar-refractivity contribution in [2.45, 2.75) is 45.6 Å². The smallest absolute Gasteiger partial charge is 0.253 e. The third kappa shape index (κ3) is 6.21. The van der Waals surface area contributed by atoms with E-state index in [0.717, 1.165) is 31.2 Å². The largest absolute Gasteiger partial charge is 0.379 e. The molecular weight excluding hydrogens is 414 g/mol. The average Bonchev–Trinajstić information content (AvgIpc) is 3.35. The molecule has 0 spiro atoms. The number of amides is 2. The highest BCUT2D eigenvalue weighted by Crippen LogP contribution is 2.28. The Morgan fingerprint density at radius 1 is 1.27 bits per heavy atom. The Kier molecular flexibility index (Phi) is 8.62. The minimum absolute atomic E-state index is 0.0293. The number of benzene rings is 1. The zero-order valence-corrected chi connectivity index (χ0v) is 19.6. The lowest BCUT2D eigenvalue weighted by molar-refractivity contribution is 0.0701. The van der Waals surface area contributed by atoms with Gasteiger partial charge in [0.15, 0.2) is 0 Å². The number of carbonyl (C=O) groups is 2. The van der Waals surface area contributed by atoms with Crippen molar-refractivity contribution in [1.82, 2.24) is 10.2 Å². The Morgan fingerprint density at radius 2 is 2.03 bits per heavy atom. The molecule has 2 aliphatic heterocycles. The molecule has 0 aliphatic carbocycles. The molecule has 0 radical (unpaired) electrons. The van der Waals surface area contributed by atoms with Gasteiger partial charge in [0, 0.05) is 30.8 Å². The van der Waals surface area contributed by atoms with Gasteiger partial charge < -0.3 is 15.0 Å². The maximum Gasteiger partial charge on any atom is 0.253 e. The fourth-order valence-electron chi connectivity index (χ4n) is 4.44. The molecule has 0 bridgehead atoms. The third-order valence-corrected chi connectivity index (χ3v) is 6.53. The molecule has 2 amide bonds. The highest BCUT2D eigenvalue weighted by atomic mass is 16.5. The summed E-state index contributed by atoms with van der Waals surface area (Å²) in [6, 6.07) is 7.52. The quantitative estimate of drug-likeness (QED) is 0.498. The topological polar surface area (TPSA) is 82.4 Å². The maximum atomic E-state index is 13.2. The van der Waals surface area contributed by atoms with E-state index >= 15 is 0 Å². The van der Waals surface area contributed by atoms with E-state index in [9.17, 15) is 9.59 Å². The molecule has 1 N–H and O–H groups in total. The van der Waals surface area contributed by atoms with Gasteiger partial charge in [0.1, 0.15) is 0 Å². The van der Waals surface area contributed by atoms with Gasteiger partial charge in [-0.25, -0.2) is 0 Å². The normalized spacial score (nSPS) is 19.8. The Labute approximate surface area is 196 Å². The predicted molar refractivity (Wildman–Crippen MR) is 129 cm³/mol. The molecule has 1 atom stereocenters. The summed E-state index contributed by atoms with van der Waals surface area (Å²) in [5.41, 5.74) is 3.78. The Morgan fingerprint density at radius 3 is 2.64 bits per heavy atom. The molecule has 33 heavy (non-hydrogen) atoms. The van der Waals surface area contributed by atoms with Crippen molar-refractivity contribution in [1.29, 1.82) is 5.26 Å². The van der Waals surface area contributed by atoms with Crippen LogP contribution in [0.25, 0.3) is 0 Å². The molecule has 0 aromatic heterocycles. The molecule has 1 aromatic rings. The Hall–Kier alpha value is -3.17. The number of allylic oxidation sites excluding steroid dienone is 5. The Balaban J connectivity index is 1.65. The number of hydrogen-bond donors (Lipinski definition) is 1. The molecule has 0 saturated carbocycles. The second-order valence-corrected chi connectivity index (χ2v) is 8.66. The monoisotopic (exact) mass is 447 g/mol. The minimum atomic E-state index is -0.154. The van der Waals surface area contributed by atoms with Crippen LogP contribution in [0.15, 0.2) is 54.2 Å². The lowest BCUT2D eigenvalue weighted by atomic mass is 9.87. The molecule has 6 nitrogen and oxygen atoms in total. The van der Waals surface area contributed by atoms with Crippen LogP contribution in [-0.2, 0) is 4.74 Å². The molecule has 2 heterocycles. The molecule has 2 fully saturated rings. The molecule has 3 rings (SSSR count). The highest BCUT2D eigenvalue weighted by Gasteiger charge is 2.26. The molecule has 2 saturated heterocycles. The van der Waals surface area contributed by atoms with E-state index in [1.165, 1.54) is 5.57 Å². The standard InChI is InChI=1S/C27H33N3O3/c1-4-20(17-28)7-9-21(5-2)22-10-13-30(14-11-22)27(32)23-8-6-19(3)25(16-23)26(31)29-24-12-15-33-18-24/h4,6-9,16,22,24H,1,5,10-15,18H2,2-3H3,(H,29,31)/b20-7+,21-9+. The molecule has 174 valence electrons. The number of nitrogens with one attached hydrogen (secondary N) is 1. The summed E-state index contributed by atoms with van der Waals surface area (Å²) < 4.78 is 5.34. The van der Waals surface area contributed by atoms with Crippen LogP contribution in [0.5, 0.6) is 0 Å². The molecular formula is C27H33N3O3. The van der Waals surface area contributed by atoms with Gasteiger partial charge in [0.05, 0.1) is 24.3 Å². The lowest BCUT2D eigenvalue weighted by Gasteiger charge is -2.33. The SMILES string of the molecule is C=C/C(C#N)=C\C=C(/CC)C1CCN(C(=O)c2ccc(C)c(C(=O)NC3CCOC3)c2)CC1. The van der Waals surface area contributed by atoms with E-state index in [0.29, 0.717) is 48.9 Å². The summed E-state index contributed by atoms with van der Waals surface area (Å²) in [6.07, 6.45) is 8.90. The lowest BCUT2D eigenvalue weighted by Crippen LogP contribution is -2.39. The zero-order valence-electron chi connectivity index (χ0n) is 19.6. The van der Waals surface area contributed by atoms with E-state index < -0.39 is 0 Å². The van der Waals surface area contributed by atoms with E-state index in [4.69, 9.17) is 10.00 Å². The predicted octanol–water partition coefficient (Wildman–Crippen LogP) is 4.34. The van der Waals surface area contributed by atoms with Gasteiger partial charge >= 0.3 is 0 Å². The number of hydrogen-bond acceptors (Lipinski definition) is 4. The molecule has 6 heteroatoms. The number of piperidine rings is 1. The summed E-state index contributed by atoms with van der Waals surface area (Å²) >= 11 is 0. The second kappa shape index (κ2) is 11.6. The summed E-state index contributed by atoms with van der Waals surface area (Å²) in [6.45, 7) is 10.2. The van der Waals surface area contributed by atoms with Gasteiger partial charge in [-0.05, 0) is 62.3 Å². The number of rotatable bonds is 7. The number of carbonyl (C=O) groups excluding carboxylic acids is 2. The number of nitrogens with zero attached hydrogens (tertiary/aromatic N) is 2. The first kappa shape index (κ1) is 24.5.